The zero-order valence-corrected chi connectivity index (χ0v) is 13.4. The number of aromatic nitrogens is 1. The number of rotatable bonds is 6. The van der Waals surface area contributed by atoms with Gasteiger partial charge in [-0.05, 0) is 49.4 Å². The molecule has 0 radical (unpaired) electrons. The van der Waals surface area contributed by atoms with Crippen LogP contribution in [0.1, 0.15) is 31.0 Å². The highest BCUT2D eigenvalue weighted by molar-refractivity contribution is 9.10. The van der Waals surface area contributed by atoms with E-state index in [0.717, 1.165) is 27.9 Å². The Hall–Kier alpha value is -1.39. The lowest BCUT2D eigenvalue weighted by molar-refractivity contribution is 0.299. The Bertz CT molecular complexity index is 545. The lowest BCUT2D eigenvalue weighted by Crippen LogP contribution is -2.18. The Labute approximate surface area is 128 Å². The molecule has 0 aliphatic rings. The molecule has 0 fully saturated rings. The average molecular weight is 335 g/mol. The van der Waals surface area contributed by atoms with E-state index >= 15 is 0 Å². The molecule has 1 N–H and O–H groups in total. The van der Waals surface area contributed by atoms with E-state index in [1.165, 1.54) is 0 Å². The van der Waals surface area contributed by atoms with E-state index in [-0.39, 0.29) is 6.04 Å². The molecule has 0 amide bonds. The molecule has 2 rings (SSSR count). The molecule has 0 aliphatic carbocycles. The summed E-state index contributed by atoms with van der Waals surface area (Å²) in [6, 6.07) is 10.3. The van der Waals surface area contributed by atoms with Gasteiger partial charge in [-0.15, -0.1) is 0 Å². The van der Waals surface area contributed by atoms with Gasteiger partial charge in [-0.3, -0.25) is 4.98 Å². The second kappa shape index (κ2) is 7.41. The van der Waals surface area contributed by atoms with Gasteiger partial charge >= 0.3 is 0 Å². The van der Waals surface area contributed by atoms with Crippen LogP contribution in [0.3, 0.4) is 0 Å². The van der Waals surface area contributed by atoms with Crippen molar-refractivity contribution in [2.45, 2.75) is 26.5 Å². The van der Waals surface area contributed by atoms with E-state index in [1.54, 1.807) is 12.4 Å². The summed E-state index contributed by atoms with van der Waals surface area (Å²) in [5, 5.41) is 3.42. The maximum Gasteiger partial charge on any atom is 0.124 e. The van der Waals surface area contributed by atoms with Crippen molar-refractivity contribution in [3.8, 4) is 5.75 Å². The van der Waals surface area contributed by atoms with Crippen LogP contribution in [-0.4, -0.2) is 11.5 Å². The summed E-state index contributed by atoms with van der Waals surface area (Å²) < 4.78 is 7.02. The van der Waals surface area contributed by atoms with E-state index in [0.29, 0.717) is 6.61 Å². The largest absolute Gasteiger partial charge is 0.489 e. The number of nitrogens with zero attached hydrogens (tertiary/aromatic N) is 1. The Balaban J connectivity index is 2.14. The second-order valence-corrected chi connectivity index (χ2v) is 5.52. The highest BCUT2D eigenvalue weighted by Crippen LogP contribution is 2.29. The average Bonchev–Trinajstić information content (AvgIpc) is 2.47. The second-order valence-electron chi connectivity index (χ2n) is 4.61. The first-order chi connectivity index (χ1) is 9.70. The molecular weight excluding hydrogens is 316 g/mol. The maximum atomic E-state index is 5.96. The molecule has 2 aromatic rings. The first-order valence-corrected chi connectivity index (χ1v) is 7.54. The van der Waals surface area contributed by atoms with Gasteiger partial charge in [0.25, 0.3) is 0 Å². The van der Waals surface area contributed by atoms with Gasteiger partial charge in [0.15, 0.2) is 0 Å². The quantitative estimate of drug-likeness (QED) is 0.863. The third-order valence-corrected chi connectivity index (χ3v) is 3.59. The summed E-state index contributed by atoms with van der Waals surface area (Å²) in [5.74, 6) is 0.915. The minimum Gasteiger partial charge on any atom is -0.489 e. The van der Waals surface area contributed by atoms with Gasteiger partial charge in [0, 0.05) is 28.5 Å². The molecule has 4 heteroatoms. The zero-order valence-electron chi connectivity index (χ0n) is 11.8. The van der Waals surface area contributed by atoms with Gasteiger partial charge < -0.3 is 10.1 Å². The van der Waals surface area contributed by atoms with E-state index in [1.807, 2.05) is 24.3 Å². The minimum atomic E-state index is 0.255. The topological polar surface area (TPSA) is 34.1 Å². The highest BCUT2D eigenvalue weighted by atomic mass is 79.9. The minimum absolute atomic E-state index is 0.255. The molecule has 1 atom stereocenters. The van der Waals surface area contributed by atoms with Gasteiger partial charge in [0.05, 0.1) is 0 Å². The van der Waals surface area contributed by atoms with Gasteiger partial charge in [-0.25, -0.2) is 0 Å². The van der Waals surface area contributed by atoms with Crippen molar-refractivity contribution >= 4 is 15.9 Å². The molecule has 0 saturated carbocycles. The van der Waals surface area contributed by atoms with Crippen LogP contribution >= 0.6 is 15.9 Å². The Morgan fingerprint density at radius 1 is 1.25 bits per heavy atom. The molecule has 20 heavy (non-hydrogen) atoms. The Morgan fingerprint density at radius 2 is 2.00 bits per heavy atom. The summed E-state index contributed by atoms with van der Waals surface area (Å²) in [4.78, 5) is 4.01. The molecule has 1 aromatic heterocycles. The number of nitrogens with one attached hydrogen (secondary N) is 1. The van der Waals surface area contributed by atoms with Crippen LogP contribution in [0, 0.1) is 0 Å². The smallest absolute Gasteiger partial charge is 0.124 e. The number of hydrogen-bond acceptors (Lipinski definition) is 3. The summed E-state index contributed by atoms with van der Waals surface area (Å²) >= 11 is 3.52. The molecule has 3 nitrogen and oxygen atoms in total. The summed E-state index contributed by atoms with van der Waals surface area (Å²) in [5.41, 5.74) is 2.28. The number of ether oxygens (including phenoxy) is 1. The van der Waals surface area contributed by atoms with Crippen molar-refractivity contribution < 1.29 is 4.74 Å². The fourth-order valence-electron chi connectivity index (χ4n) is 2.05. The molecule has 1 heterocycles. The molecule has 1 aromatic carbocycles. The van der Waals surface area contributed by atoms with E-state index < -0.39 is 0 Å². The van der Waals surface area contributed by atoms with Crippen LogP contribution in [-0.2, 0) is 6.61 Å². The van der Waals surface area contributed by atoms with Crippen molar-refractivity contribution in [1.29, 1.82) is 0 Å². The van der Waals surface area contributed by atoms with Crippen molar-refractivity contribution in [2.75, 3.05) is 6.54 Å². The summed E-state index contributed by atoms with van der Waals surface area (Å²) in [6.07, 6.45) is 3.56. The van der Waals surface area contributed by atoms with E-state index in [4.69, 9.17) is 4.74 Å². The fourth-order valence-corrected chi connectivity index (χ4v) is 2.42. The number of pyridine rings is 1. The molecular formula is C16H19BrN2O. The van der Waals surface area contributed by atoms with Crippen LogP contribution in [0.2, 0.25) is 0 Å². The van der Waals surface area contributed by atoms with Crippen LogP contribution < -0.4 is 10.1 Å². The maximum absolute atomic E-state index is 5.96. The first kappa shape index (κ1) is 15.0. The summed E-state index contributed by atoms with van der Waals surface area (Å²) in [7, 11) is 0. The lowest BCUT2D eigenvalue weighted by atomic mass is 10.1. The predicted octanol–water partition coefficient (Wildman–Crippen LogP) is 4.09. The molecule has 0 aliphatic heterocycles. The molecule has 0 spiro atoms. The first-order valence-electron chi connectivity index (χ1n) is 6.75. The standard InChI is InChI=1S/C16H19BrN2O/c1-3-19-12(2)15-10-14(17)4-5-16(15)20-11-13-6-8-18-9-7-13/h4-10,12,19H,3,11H2,1-2H3. The van der Waals surface area contributed by atoms with Crippen molar-refractivity contribution in [2.24, 2.45) is 0 Å². The van der Waals surface area contributed by atoms with Gasteiger partial charge in [0.1, 0.15) is 12.4 Å². The number of benzene rings is 1. The Kier molecular flexibility index (Phi) is 5.56. The van der Waals surface area contributed by atoms with Crippen LogP contribution in [0.15, 0.2) is 47.2 Å². The normalized spacial score (nSPS) is 12.2. The summed E-state index contributed by atoms with van der Waals surface area (Å²) in [6.45, 7) is 5.73. The van der Waals surface area contributed by atoms with E-state index in [2.05, 4.69) is 46.1 Å². The van der Waals surface area contributed by atoms with E-state index in [9.17, 15) is 0 Å². The fraction of sp³-hybridized carbons (Fsp3) is 0.312. The van der Waals surface area contributed by atoms with Crippen molar-refractivity contribution in [3.05, 3.63) is 58.3 Å². The zero-order chi connectivity index (χ0) is 14.4. The molecule has 1 unspecified atom stereocenters. The van der Waals surface area contributed by atoms with Crippen molar-refractivity contribution in [3.63, 3.8) is 0 Å². The van der Waals surface area contributed by atoms with Crippen LogP contribution in [0.4, 0.5) is 0 Å². The third-order valence-electron chi connectivity index (χ3n) is 3.09. The SMILES string of the molecule is CCNC(C)c1cc(Br)ccc1OCc1ccncc1. The predicted molar refractivity (Wildman–Crippen MR) is 84.8 cm³/mol. The molecule has 0 saturated heterocycles. The van der Waals surface area contributed by atoms with Crippen LogP contribution in [0.5, 0.6) is 5.75 Å². The van der Waals surface area contributed by atoms with Crippen molar-refractivity contribution in [1.82, 2.24) is 10.3 Å². The van der Waals surface area contributed by atoms with Gasteiger partial charge in [-0.1, -0.05) is 22.9 Å². The highest BCUT2D eigenvalue weighted by Gasteiger charge is 2.11. The van der Waals surface area contributed by atoms with Gasteiger partial charge in [-0.2, -0.15) is 0 Å². The molecule has 0 bridgehead atoms. The third kappa shape index (κ3) is 4.05. The monoisotopic (exact) mass is 334 g/mol. The van der Waals surface area contributed by atoms with Gasteiger partial charge in [0.2, 0.25) is 0 Å². The lowest BCUT2D eigenvalue weighted by Gasteiger charge is -2.18. The molecule has 106 valence electrons. The number of hydrogen-bond donors (Lipinski definition) is 1. The van der Waals surface area contributed by atoms with Crippen LogP contribution in [0.25, 0.3) is 0 Å². The number of halogens is 1. The Morgan fingerprint density at radius 3 is 2.70 bits per heavy atom.